The van der Waals surface area contributed by atoms with Crippen molar-refractivity contribution in [2.75, 3.05) is 0 Å². The molecule has 0 saturated heterocycles. The quantitative estimate of drug-likeness (QED) is 0.113. The minimum absolute atomic E-state index is 0.0170. The van der Waals surface area contributed by atoms with E-state index in [0.717, 1.165) is 69.0 Å². The Kier molecular flexibility index (Phi) is 11.6. The third kappa shape index (κ3) is 7.91. The first-order valence-electron chi connectivity index (χ1n) is 27.7. The molecule has 0 spiro atoms. The molecule has 0 fully saturated rings. The van der Waals surface area contributed by atoms with Crippen LogP contribution in [-0.4, -0.2) is 14.1 Å². The Balaban J connectivity index is 0.907. The second-order valence-corrected chi connectivity index (χ2v) is 21.2. The highest BCUT2D eigenvalue weighted by Gasteiger charge is 2.42. The monoisotopic (exact) mass is 989 g/mol. The standard InChI is InChI=1S/C74H59N3/c1-3-5-41-74(42-6-4-2)66-34-12-7-29-60(66)61-40-39-54(47-67(61)74)57-48-68(55-25-17-21-50(43-55)52-23-19-27-58(45-52)76-70-35-13-8-30-62(70)63-31-9-14-36-71(63)76)75-69(49-57)56-26-18-22-51(44-56)53-24-20-28-59(46-53)77-72-37-15-10-32-64(72)65-33-11-16-38-73(65)77/h7-40,43-49H,3-6,41-42H2,1-2H3. The number of rotatable bonds is 13. The Labute approximate surface area is 451 Å². The topological polar surface area (TPSA) is 22.8 Å². The first-order valence-corrected chi connectivity index (χ1v) is 27.7. The number of benzene rings is 10. The molecule has 370 valence electrons. The number of hydrogen-bond acceptors (Lipinski definition) is 1. The van der Waals surface area contributed by atoms with Gasteiger partial charge in [-0.3, -0.25) is 0 Å². The smallest absolute Gasteiger partial charge is 0.0715 e. The molecule has 0 unspecified atom stereocenters. The summed E-state index contributed by atoms with van der Waals surface area (Å²) in [5, 5.41) is 5.04. The van der Waals surface area contributed by atoms with Crippen LogP contribution in [0.5, 0.6) is 0 Å². The van der Waals surface area contributed by atoms with E-state index in [9.17, 15) is 0 Å². The average molecular weight is 990 g/mol. The average Bonchev–Trinajstić information content (AvgIpc) is 4.12. The molecule has 0 bridgehead atoms. The summed E-state index contributed by atoms with van der Waals surface area (Å²) >= 11 is 0. The SMILES string of the molecule is CCCCC1(CCCC)c2ccccc2-c2ccc(-c3cc(-c4cccc(-c5cccc(-n6c7ccccc7c7ccccc76)c5)c4)nc(-c4cccc(-c5cccc(-n6c7ccccc7c7ccccc76)c5)c4)c3)cc21. The van der Waals surface area contributed by atoms with Crippen molar-refractivity contribution in [1.29, 1.82) is 0 Å². The van der Waals surface area contributed by atoms with Gasteiger partial charge < -0.3 is 9.13 Å². The molecule has 3 heteroatoms. The number of unbranched alkanes of at least 4 members (excludes halogenated alkanes) is 2. The van der Waals surface area contributed by atoms with E-state index in [1.54, 1.807) is 0 Å². The van der Waals surface area contributed by atoms with Gasteiger partial charge in [0.2, 0.25) is 0 Å². The Hall–Kier alpha value is -9.05. The first kappa shape index (κ1) is 46.5. The maximum atomic E-state index is 5.63. The minimum atomic E-state index is -0.0170. The highest BCUT2D eigenvalue weighted by atomic mass is 15.0. The van der Waals surface area contributed by atoms with Crippen LogP contribution in [0, 0.1) is 0 Å². The van der Waals surface area contributed by atoms with Crippen LogP contribution in [0.4, 0.5) is 0 Å². The van der Waals surface area contributed by atoms with E-state index < -0.39 is 0 Å². The minimum Gasteiger partial charge on any atom is -0.309 e. The van der Waals surface area contributed by atoms with Crippen molar-refractivity contribution >= 4 is 43.6 Å². The molecule has 0 radical (unpaired) electrons. The molecular weight excluding hydrogens is 931 g/mol. The van der Waals surface area contributed by atoms with E-state index in [1.807, 2.05) is 0 Å². The maximum absolute atomic E-state index is 5.63. The van der Waals surface area contributed by atoms with E-state index >= 15 is 0 Å². The molecule has 77 heavy (non-hydrogen) atoms. The van der Waals surface area contributed by atoms with Gasteiger partial charge >= 0.3 is 0 Å². The predicted octanol–water partition coefficient (Wildman–Crippen LogP) is 20.3. The molecule has 0 atom stereocenters. The van der Waals surface area contributed by atoms with E-state index in [0.29, 0.717) is 0 Å². The Morgan fingerprint density at radius 1 is 0.312 bits per heavy atom. The van der Waals surface area contributed by atoms with Crippen LogP contribution >= 0.6 is 0 Å². The second-order valence-electron chi connectivity index (χ2n) is 21.2. The molecule has 1 aliphatic carbocycles. The summed E-state index contributed by atoms with van der Waals surface area (Å²) in [5.41, 5.74) is 23.9. The lowest BCUT2D eigenvalue weighted by molar-refractivity contribution is 0.414. The third-order valence-electron chi connectivity index (χ3n) is 16.7. The summed E-state index contributed by atoms with van der Waals surface area (Å²) in [4.78, 5) is 5.63. The van der Waals surface area contributed by atoms with Crippen molar-refractivity contribution < 1.29 is 0 Å². The van der Waals surface area contributed by atoms with E-state index in [1.165, 1.54) is 103 Å². The molecule has 0 N–H and O–H groups in total. The zero-order valence-corrected chi connectivity index (χ0v) is 43.8. The zero-order valence-electron chi connectivity index (χ0n) is 43.8. The maximum Gasteiger partial charge on any atom is 0.0715 e. The van der Waals surface area contributed by atoms with Crippen molar-refractivity contribution in [3.63, 3.8) is 0 Å². The fourth-order valence-electron chi connectivity index (χ4n) is 13.0. The lowest BCUT2D eigenvalue weighted by Gasteiger charge is -2.33. The van der Waals surface area contributed by atoms with Gasteiger partial charge in [0.15, 0.2) is 0 Å². The third-order valence-corrected chi connectivity index (χ3v) is 16.7. The Bertz CT molecular complexity index is 4060. The molecule has 10 aromatic carbocycles. The van der Waals surface area contributed by atoms with Crippen LogP contribution < -0.4 is 0 Å². The van der Waals surface area contributed by atoms with Gasteiger partial charge in [-0.1, -0.05) is 209 Å². The molecule has 3 heterocycles. The van der Waals surface area contributed by atoms with Crippen LogP contribution in [-0.2, 0) is 5.41 Å². The fraction of sp³-hybridized carbons (Fsp3) is 0.122. The van der Waals surface area contributed by atoms with E-state index in [2.05, 4.69) is 272 Å². The lowest BCUT2D eigenvalue weighted by Crippen LogP contribution is -2.25. The molecule has 0 amide bonds. The lowest BCUT2D eigenvalue weighted by atomic mass is 9.70. The highest BCUT2D eigenvalue weighted by molar-refractivity contribution is 6.10. The van der Waals surface area contributed by atoms with E-state index in [4.69, 9.17) is 4.98 Å². The van der Waals surface area contributed by atoms with Gasteiger partial charge in [-0.05, 0) is 147 Å². The molecule has 0 aliphatic heterocycles. The van der Waals surface area contributed by atoms with Crippen LogP contribution in [0.1, 0.15) is 63.5 Å². The summed E-state index contributed by atoms with van der Waals surface area (Å²) in [6, 6.07) is 92.1. The largest absolute Gasteiger partial charge is 0.309 e. The normalized spacial score (nSPS) is 12.7. The molecule has 1 aliphatic rings. The fourth-order valence-corrected chi connectivity index (χ4v) is 13.0. The molecule has 0 saturated carbocycles. The summed E-state index contributed by atoms with van der Waals surface area (Å²) < 4.78 is 4.80. The van der Waals surface area contributed by atoms with E-state index in [-0.39, 0.29) is 5.41 Å². The molecule has 3 aromatic heterocycles. The number of nitrogens with zero attached hydrogens (tertiary/aromatic N) is 3. The summed E-state index contributed by atoms with van der Waals surface area (Å²) in [5.74, 6) is 0. The number of pyridine rings is 1. The number of fused-ring (bicyclic) bond motifs is 9. The van der Waals surface area contributed by atoms with Crippen molar-refractivity contribution in [2.45, 2.75) is 57.8 Å². The van der Waals surface area contributed by atoms with Crippen LogP contribution in [0.2, 0.25) is 0 Å². The molecule has 14 rings (SSSR count). The Morgan fingerprint density at radius 2 is 0.701 bits per heavy atom. The van der Waals surface area contributed by atoms with Crippen molar-refractivity contribution in [3.8, 4) is 78.4 Å². The first-order chi connectivity index (χ1) is 38.1. The van der Waals surface area contributed by atoms with Crippen LogP contribution in [0.25, 0.3) is 122 Å². The summed E-state index contributed by atoms with van der Waals surface area (Å²) in [6.07, 6.45) is 7.05. The van der Waals surface area contributed by atoms with Gasteiger partial charge in [0.1, 0.15) is 0 Å². The highest BCUT2D eigenvalue weighted by Crippen LogP contribution is 2.55. The molecule has 13 aromatic rings. The van der Waals surface area contributed by atoms with Gasteiger partial charge in [-0.25, -0.2) is 4.98 Å². The predicted molar refractivity (Wildman–Crippen MR) is 325 cm³/mol. The molecular formula is C74H59N3. The van der Waals surface area contributed by atoms with Gasteiger partial charge in [-0.15, -0.1) is 0 Å². The number of aromatic nitrogens is 3. The van der Waals surface area contributed by atoms with Crippen LogP contribution in [0.3, 0.4) is 0 Å². The van der Waals surface area contributed by atoms with Gasteiger partial charge in [0.05, 0.1) is 33.5 Å². The van der Waals surface area contributed by atoms with Crippen molar-refractivity contribution in [2.24, 2.45) is 0 Å². The summed E-state index contributed by atoms with van der Waals surface area (Å²) in [6.45, 7) is 4.67. The van der Waals surface area contributed by atoms with Gasteiger partial charge in [0, 0.05) is 49.5 Å². The van der Waals surface area contributed by atoms with Crippen molar-refractivity contribution in [3.05, 3.63) is 260 Å². The zero-order chi connectivity index (χ0) is 51.5. The Morgan fingerprint density at radius 3 is 1.18 bits per heavy atom. The second kappa shape index (κ2) is 19.3. The van der Waals surface area contributed by atoms with Crippen LogP contribution in [0.15, 0.2) is 249 Å². The van der Waals surface area contributed by atoms with Crippen molar-refractivity contribution in [1.82, 2.24) is 14.1 Å². The number of hydrogen-bond donors (Lipinski definition) is 0. The van der Waals surface area contributed by atoms with Gasteiger partial charge in [0.25, 0.3) is 0 Å². The number of para-hydroxylation sites is 4. The summed E-state index contributed by atoms with van der Waals surface area (Å²) in [7, 11) is 0. The van der Waals surface area contributed by atoms with Gasteiger partial charge in [-0.2, -0.15) is 0 Å². The molecule has 3 nitrogen and oxygen atoms in total.